The summed E-state index contributed by atoms with van der Waals surface area (Å²) in [6.07, 6.45) is 0. The van der Waals surface area contributed by atoms with E-state index in [1.165, 1.54) is 0 Å². The number of hydrogen-bond donors (Lipinski definition) is 0. The van der Waals surface area contributed by atoms with E-state index in [0.717, 1.165) is 44.2 Å². The third-order valence-corrected chi connectivity index (χ3v) is 3.04. The van der Waals surface area contributed by atoms with Crippen molar-refractivity contribution in [2.75, 3.05) is 39.5 Å². The van der Waals surface area contributed by atoms with Gasteiger partial charge >= 0.3 is 0 Å². The first-order chi connectivity index (χ1) is 8.75. The first-order valence-electron chi connectivity index (χ1n) is 6.29. The number of rotatable bonds is 5. The molecule has 0 spiro atoms. The molecule has 4 nitrogen and oxygen atoms in total. The molecular formula is C14H20ClNO3. The molecule has 1 aliphatic rings. The van der Waals surface area contributed by atoms with Crippen molar-refractivity contribution in [2.45, 2.75) is 6.92 Å². The van der Waals surface area contributed by atoms with Crippen LogP contribution in [0.15, 0.2) is 24.3 Å². The SMILES string of the molecule is CC(=O)c1ccc(OCCN2CCOCC2)cc1.Cl. The van der Waals surface area contributed by atoms with Crippen molar-refractivity contribution in [1.29, 1.82) is 0 Å². The number of hydrogen-bond acceptors (Lipinski definition) is 4. The number of morpholine rings is 1. The molecule has 0 amide bonds. The van der Waals surface area contributed by atoms with E-state index in [-0.39, 0.29) is 18.2 Å². The van der Waals surface area contributed by atoms with E-state index in [9.17, 15) is 4.79 Å². The number of halogens is 1. The Labute approximate surface area is 120 Å². The molecule has 19 heavy (non-hydrogen) atoms. The Morgan fingerprint density at radius 3 is 2.47 bits per heavy atom. The molecule has 0 aliphatic carbocycles. The monoisotopic (exact) mass is 285 g/mol. The second kappa shape index (κ2) is 8.15. The maximum Gasteiger partial charge on any atom is 0.159 e. The van der Waals surface area contributed by atoms with Crippen LogP contribution in [0.5, 0.6) is 5.75 Å². The average Bonchev–Trinajstić information content (AvgIpc) is 2.40. The lowest BCUT2D eigenvalue weighted by molar-refractivity contribution is 0.0322. The van der Waals surface area contributed by atoms with Crippen LogP contribution in [0.2, 0.25) is 0 Å². The number of carbonyl (C=O) groups is 1. The van der Waals surface area contributed by atoms with Crippen molar-refractivity contribution >= 4 is 18.2 Å². The number of carbonyl (C=O) groups excluding carboxylic acids is 1. The van der Waals surface area contributed by atoms with Gasteiger partial charge in [-0.05, 0) is 31.2 Å². The molecule has 0 radical (unpaired) electrons. The highest BCUT2D eigenvalue weighted by molar-refractivity contribution is 5.94. The van der Waals surface area contributed by atoms with Crippen molar-refractivity contribution < 1.29 is 14.3 Å². The van der Waals surface area contributed by atoms with Crippen molar-refractivity contribution in [2.24, 2.45) is 0 Å². The maximum atomic E-state index is 11.1. The van der Waals surface area contributed by atoms with Gasteiger partial charge in [0, 0.05) is 25.2 Å². The highest BCUT2D eigenvalue weighted by atomic mass is 35.5. The van der Waals surface area contributed by atoms with Crippen LogP contribution in [0, 0.1) is 0 Å². The van der Waals surface area contributed by atoms with Crippen LogP contribution < -0.4 is 4.74 Å². The lowest BCUT2D eigenvalue weighted by Crippen LogP contribution is -2.38. The second-order valence-corrected chi connectivity index (χ2v) is 4.38. The molecule has 1 aromatic rings. The molecule has 1 heterocycles. The number of benzene rings is 1. The fourth-order valence-corrected chi connectivity index (χ4v) is 1.90. The van der Waals surface area contributed by atoms with Crippen LogP contribution in [0.4, 0.5) is 0 Å². The van der Waals surface area contributed by atoms with E-state index < -0.39 is 0 Å². The molecule has 1 aliphatic heterocycles. The minimum atomic E-state index is 0. The summed E-state index contributed by atoms with van der Waals surface area (Å²) in [4.78, 5) is 13.4. The first-order valence-corrected chi connectivity index (χ1v) is 6.29. The van der Waals surface area contributed by atoms with Gasteiger partial charge in [0.1, 0.15) is 12.4 Å². The predicted octanol–water partition coefficient (Wildman–Crippen LogP) is 2.02. The van der Waals surface area contributed by atoms with Crippen LogP contribution >= 0.6 is 12.4 Å². The van der Waals surface area contributed by atoms with E-state index in [0.29, 0.717) is 6.61 Å². The molecule has 1 fully saturated rings. The topological polar surface area (TPSA) is 38.8 Å². The van der Waals surface area contributed by atoms with Crippen LogP contribution in [0.25, 0.3) is 0 Å². The third kappa shape index (κ3) is 5.19. The van der Waals surface area contributed by atoms with Gasteiger partial charge in [0.05, 0.1) is 13.2 Å². The van der Waals surface area contributed by atoms with Crippen LogP contribution in [0.1, 0.15) is 17.3 Å². The van der Waals surface area contributed by atoms with Crippen molar-refractivity contribution in [3.63, 3.8) is 0 Å². The molecule has 0 saturated carbocycles. The lowest BCUT2D eigenvalue weighted by atomic mass is 10.1. The number of ether oxygens (including phenoxy) is 2. The zero-order chi connectivity index (χ0) is 12.8. The molecular weight excluding hydrogens is 266 g/mol. The number of ketones is 1. The zero-order valence-electron chi connectivity index (χ0n) is 11.1. The Hall–Kier alpha value is -1.10. The molecule has 1 aromatic carbocycles. The first kappa shape index (κ1) is 16.0. The van der Waals surface area contributed by atoms with E-state index in [1.54, 1.807) is 19.1 Å². The Morgan fingerprint density at radius 2 is 1.89 bits per heavy atom. The normalized spacial score (nSPS) is 15.6. The molecule has 0 atom stereocenters. The summed E-state index contributed by atoms with van der Waals surface area (Å²) in [6, 6.07) is 7.28. The Balaban J connectivity index is 0.00000180. The van der Waals surface area contributed by atoms with E-state index >= 15 is 0 Å². The smallest absolute Gasteiger partial charge is 0.159 e. The second-order valence-electron chi connectivity index (χ2n) is 4.38. The summed E-state index contributed by atoms with van der Waals surface area (Å²) in [5.74, 6) is 0.892. The fourth-order valence-electron chi connectivity index (χ4n) is 1.90. The van der Waals surface area contributed by atoms with Gasteiger partial charge in [-0.3, -0.25) is 9.69 Å². The molecule has 0 aromatic heterocycles. The number of nitrogens with zero attached hydrogens (tertiary/aromatic N) is 1. The molecule has 5 heteroatoms. The molecule has 2 rings (SSSR count). The Morgan fingerprint density at radius 1 is 1.26 bits per heavy atom. The predicted molar refractivity (Wildman–Crippen MR) is 76.4 cm³/mol. The Bertz CT molecular complexity index is 388. The van der Waals surface area contributed by atoms with Gasteiger partial charge in [0.15, 0.2) is 5.78 Å². The van der Waals surface area contributed by atoms with E-state index in [1.807, 2.05) is 12.1 Å². The minimum absolute atomic E-state index is 0. The summed E-state index contributed by atoms with van der Waals surface area (Å²) >= 11 is 0. The minimum Gasteiger partial charge on any atom is -0.492 e. The van der Waals surface area contributed by atoms with Crippen LogP contribution in [0.3, 0.4) is 0 Å². The molecule has 0 N–H and O–H groups in total. The van der Waals surface area contributed by atoms with Gasteiger partial charge < -0.3 is 9.47 Å². The summed E-state index contributed by atoms with van der Waals surface area (Å²) < 4.78 is 10.9. The van der Waals surface area contributed by atoms with Gasteiger partial charge in [0.2, 0.25) is 0 Å². The van der Waals surface area contributed by atoms with E-state index in [2.05, 4.69) is 4.90 Å². The summed E-state index contributed by atoms with van der Waals surface area (Å²) in [6.45, 7) is 6.73. The average molecular weight is 286 g/mol. The molecule has 106 valence electrons. The van der Waals surface area contributed by atoms with Crippen molar-refractivity contribution in [3.8, 4) is 5.75 Å². The summed E-state index contributed by atoms with van der Waals surface area (Å²) in [5, 5.41) is 0. The highest BCUT2D eigenvalue weighted by Gasteiger charge is 2.09. The Kier molecular flexibility index (Phi) is 6.84. The summed E-state index contributed by atoms with van der Waals surface area (Å²) in [5.41, 5.74) is 0.718. The quantitative estimate of drug-likeness (QED) is 0.776. The lowest BCUT2D eigenvalue weighted by Gasteiger charge is -2.26. The fraction of sp³-hybridized carbons (Fsp3) is 0.500. The largest absolute Gasteiger partial charge is 0.492 e. The standard InChI is InChI=1S/C14H19NO3.ClH/c1-12(16)13-2-4-14(5-3-13)18-11-8-15-6-9-17-10-7-15;/h2-5H,6-11H2,1H3;1H. The van der Waals surface area contributed by atoms with Gasteiger partial charge in [-0.2, -0.15) is 0 Å². The van der Waals surface area contributed by atoms with Crippen LogP contribution in [-0.4, -0.2) is 50.1 Å². The molecule has 0 unspecified atom stereocenters. The maximum absolute atomic E-state index is 11.1. The van der Waals surface area contributed by atoms with Gasteiger partial charge in [-0.1, -0.05) is 0 Å². The third-order valence-electron chi connectivity index (χ3n) is 3.04. The van der Waals surface area contributed by atoms with Crippen molar-refractivity contribution in [3.05, 3.63) is 29.8 Å². The zero-order valence-corrected chi connectivity index (χ0v) is 11.9. The summed E-state index contributed by atoms with van der Waals surface area (Å²) in [7, 11) is 0. The van der Waals surface area contributed by atoms with Crippen molar-refractivity contribution in [1.82, 2.24) is 4.90 Å². The van der Waals surface area contributed by atoms with E-state index in [4.69, 9.17) is 9.47 Å². The van der Waals surface area contributed by atoms with Crippen LogP contribution in [-0.2, 0) is 4.74 Å². The number of Topliss-reactive ketones (excluding diaryl/α,β-unsaturated/α-hetero) is 1. The molecule has 0 bridgehead atoms. The van der Waals surface area contributed by atoms with Gasteiger partial charge in [-0.25, -0.2) is 0 Å². The van der Waals surface area contributed by atoms with Gasteiger partial charge in [0.25, 0.3) is 0 Å². The molecule has 1 saturated heterocycles. The highest BCUT2D eigenvalue weighted by Crippen LogP contribution is 2.12. The van der Waals surface area contributed by atoms with Gasteiger partial charge in [-0.15, -0.1) is 12.4 Å².